The number of hydrogen-bond acceptors (Lipinski definition) is 11. The van der Waals surface area contributed by atoms with Crippen molar-refractivity contribution in [3.05, 3.63) is 12.2 Å². The molecule has 374 valence electrons. The third kappa shape index (κ3) is 33.2. The molecule has 1 aliphatic carbocycles. The number of rotatable bonds is 45. The van der Waals surface area contributed by atoms with E-state index in [-0.39, 0.29) is 13.0 Å². The maximum atomic E-state index is 12.8. The van der Waals surface area contributed by atoms with Crippen molar-refractivity contribution in [1.82, 2.24) is 0 Å². The van der Waals surface area contributed by atoms with Gasteiger partial charge >= 0.3 is 13.8 Å². The molecule has 0 radical (unpaired) electrons. The molecule has 1 aliphatic rings. The minimum Gasteiger partial charge on any atom is -0.457 e. The van der Waals surface area contributed by atoms with Crippen LogP contribution in [0.2, 0.25) is 0 Å². The van der Waals surface area contributed by atoms with Gasteiger partial charge in [-0.1, -0.05) is 206 Å². The van der Waals surface area contributed by atoms with Gasteiger partial charge in [0.15, 0.2) is 0 Å². The summed E-state index contributed by atoms with van der Waals surface area (Å²) in [6, 6.07) is 0. The van der Waals surface area contributed by atoms with Gasteiger partial charge in [-0.2, -0.15) is 0 Å². The molecule has 1 fully saturated rings. The molecule has 0 aliphatic heterocycles. The smallest absolute Gasteiger partial charge is 0.457 e. The summed E-state index contributed by atoms with van der Waals surface area (Å²) < 4.78 is 34.3. The predicted octanol–water partition coefficient (Wildman–Crippen LogP) is 11.5. The lowest BCUT2D eigenvalue weighted by molar-refractivity contribution is -0.220. The zero-order valence-corrected chi connectivity index (χ0v) is 41.0. The standard InChI is InChI=1S/C50H97O12P/c1-3-5-7-9-11-13-15-17-19-21-22-23-25-27-29-31-33-35-37-39-44(51)61-43(42-60-63(57,58)62-50-48(55)46(53)45(52)47(54)49(50)56)41-59-40-38-36-34-32-30-28-26-24-20-18-16-14-12-10-8-6-4-2/h17,19,43,45-50,52-56H,3-16,18,20-42H2,1-2H3,(H,57,58)/b19-17-. The molecule has 0 amide bonds. The van der Waals surface area contributed by atoms with Crippen LogP contribution in [0, 0.1) is 0 Å². The first-order valence-electron chi connectivity index (χ1n) is 26.0. The molecule has 6 N–H and O–H groups in total. The average molecular weight is 921 g/mol. The molecule has 1 saturated carbocycles. The molecule has 0 saturated heterocycles. The van der Waals surface area contributed by atoms with E-state index in [2.05, 4.69) is 26.0 Å². The van der Waals surface area contributed by atoms with Crippen molar-refractivity contribution in [1.29, 1.82) is 0 Å². The van der Waals surface area contributed by atoms with Crippen LogP contribution in [-0.2, 0) is 27.9 Å². The van der Waals surface area contributed by atoms with Crippen LogP contribution in [0.15, 0.2) is 12.2 Å². The van der Waals surface area contributed by atoms with E-state index >= 15 is 0 Å². The van der Waals surface area contributed by atoms with Gasteiger partial charge in [-0.15, -0.1) is 0 Å². The summed E-state index contributed by atoms with van der Waals surface area (Å²) in [7, 11) is -5.02. The molecule has 1 rings (SSSR count). The van der Waals surface area contributed by atoms with E-state index in [1.807, 2.05) is 0 Å². The van der Waals surface area contributed by atoms with Crippen LogP contribution in [0.3, 0.4) is 0 Å². The monoisotopic (exact) mass is 921 g/mol. The zero-order valence-electron chi connectivity index (χ0n) is 40.1. The van der Waals surface area contributed by atoms with Crippen LogP contribution >= 0.6 is 7.82 Å². The Morgan fingerprint density at radius 1 is 0.492 bits per heavy atom. The first-order chi connectivity index (χ1) is 30.5. The van der Waals surface area contributed by atoms with Crippen molar-refractivity contribution >= 4 is 13.8 Å². The maximum absolute atomic E-state index is 12.8. The summed E-state index contributed by atoms with van der Waals surface area (Å²) >= 11 is 0. The van der Waals surface area contributed by atoms with Crippen molar-refractivity contribution in [2.45, 2.75) is 281 Å². The lowest BCUT2D eigenvalue weighted by Crippen LogP contribution is -2.64. The topological polar surface area (TPSA) is 192 Å². The molecular weight excluding hydrogens is 824 g/mol. The van der Waals surface area contributed by atoms with Gasteiger partial charge in [0.1, 0.15) is 42.7 Å². The summed E-state index contributed by atoms with van der Waals surface area (Å²) in [5.74, 6) is -0.474. The SMILES string of the molecule is CCCCCCCC/C=C\CCCCCCCCCCCC(=O)OC(COCCCCCCCCCCCCCCCCCCC)COP(=O)(O)OC1C(O)C(O)C(O)C(O)C1O. The minimum atomic E-state index is -5.02. The van der Waals surface area contributed by atoms with Crippen molar-refractivity contribution in [2.24, 2.45) is 0 Å². The molecular formula is C50H97O12P. The van der Waals surface area contributed by atoms with Crippen molar-refractivity contribution < 1.29 is 58.3 Å². The number of carbonyl (C=O) groups is 1. The van der Waals surface area contributed by atoms with Crippen molar-refractivity contribution in [2.75, 3.05) is 19.8 Å². The van der Waals surface area contributed by atoms with Crippen LogP contribution < -0.4 is 0 Å². The van der Waals surface area contributed by atoms with Crippen LogP contribution in [0.1, 0.15) is 239 Å². The molecule has 0 bridgehead atoms. The lowest BCUT2D eigenvalue weighted by Gasteiger charge is -2.41. The third-order valence-corrected chi connectivity index (χ3v) is 13.4. The summed E-state index contributed by atoms with van der Waals surface area (Å²) in [5, 5.41) is 50.3. The van der Waals surface area contributed by atoms with E-state index in [4.69, 9.17) is 18.5 Å². The number of ether oxygens (including phenoxy) is 2. The molecule has 0 aromatic heterocycles. The number of aliphatic hydroxyl groups excluding tert-OH is 5. The van der Waals surface area contributed by atoms with Gasteiger partial charge in [0.25, 0.3) is 0 Å². The Bertz CT molecular complexity index is 1100. The number of unbranched alkanes of at least 4 members (excludes halogenated alkanes) is 31. The van der Waals surface area contributed by atoms with E-state index in [0.29, 0.717) is 13.0 Å². The summed E-state index contributed by atoms with van der Waals surface area (Å²) in [4.78, 5) is 23.2. The Labute approximate surface area is 384 Å². The Morgan fingerprint density at radius 2 is 0.841 bits per heavy atom. The highest BCUT2D eigenvalue weighted by atomic mass is 31.2. The van der Waals surface area contributed by atoms with E-state index in [0.717, 1.165) is 38.5 Å². The van der Waals surface area contributed by atoms with Gasteiger partial charge in [-0.3, -0.25) is 13.8 Å². The van der Waals surface area contributed by atoms with Crippen LogP contribution in [0.4, 0.5) is 0 Å². The van der Waals surface area contributed by atoms with Gasteiger partial charge in [0, 0.05) is 13.0 Å². The fourth-order valence-corrected chi connectivity index (χ4v) is 9.21. The maximum Gasteiger partial charge on any atom is 0.472 e. The third-order valence-electron chi connectivity index (χ3n) is 12.4. The number of allylic oxidation sites excluding steroid dienone is 2. The van der Waals surface area contributed by atoms with E-state index in [1.54, 1.807) is 0 Å². The minimum absolute atomic E-state index is 0.0711. The summed E-state index contributed by atoms with van der Waals surface area (Å²) in [6.07, 6.45) is 34.2. The van der Waals surface area contributed by atoms with Crippen molar-refractivity contribution in [3.8, 4) is 0 Å². The summed E-state index contributed by atoms with van der Waals surface area (Å²) in [6.45, 7) is 4.30. The highest BCUT2D eigenvalue weighted by Crippen LogP contribution is 2.47. The second-order valence-electron chi connectivity index (χ2n) is 18.4. The van der Waals surface area contributed by atoms with Gasteiger partial charge in [-0.25, -0.2) is 4.57 Å². The highest BCUT2D eigenvalue weighted by Gasteiger charge is 2.51. The number of aliphatic hydroxyl groups is 5. The van der Waals surface area contributed by atoms with Gasteiger partial charge in [0.05, 0.1) is 13.2 Å². The largest absolute Gasteiger partial charge is 0.472 e. The van der Waals surface area contributed by atoms with E-state index in [1.165, 1.54) is 173 Å². The fourth-order valence-electron chi connectivity index (χ4n) is 8.23. The normalized spacial score (nSPS) is 21.8. The van der Waals surface area contributed by atoms with Crippen LogP contribution in [0.25, 0.3) is 0 Å². The Balaban J connectivity index is 2.33. The van der Waals surface area contributed by atoms with Gasteiger partial charge < -0.3 is 39.9 Å². The van der Waals surface area contributed by atoms with Gasteiger partial charge in [0.2, 0.25) is 0 Å². The Hall–Kier alpha value is -0.920. The summed E-state index contributed by atoms with van der Waals surface area (Å²) in [5.41, 5.74) is 0. The number of esters is 1. The van der Waals surface area contributed by atoms with Gasteiger partial charge in [-0.05, 0) is 38.5 Å². The first kappa shape index (κ1) is 60.1. The fraction of sp³-hybridized carbons (Fsp3) is 0.940. The molecule has 0 heterocycles. The highest BCUT2D eigenvalue weighted by molar-refractivity contribution is 7.47. The van der Waals surface area contributed by atoms with E-state index < -0.39 is 63.1 Å². The van der Waals surface area contributed by atoms with Crippen LogP contribution in [-0.4, -0.2) is 98.9 Å². The first-order valence-corrected chi connectivity index (χ1v) is 27.5. The number of hydrogen-bond donors (Lipinski definition) is 6. The predicted molar refractivity (Wildman–Crippen MR) is 253 cm³/mol. The zero-order chi connectivity index (χ0) is 46.2. The molecule has 6 atom stereocenters. The number of phosphoric acid groups is 1. The quantitative estimate of drug-likeness (QED) is 0.0147. The Morgan fingerprint density at radius 3 is 1.25 bits per heavy atom. The number of carbonyl (C=O) groups excluding carboxylic acids is 1. The molecule has 6 unspecified atom stereocenters. The average Bonchev–Trinajstić information content (AvgIpc) is 3.27. The molecule has 0 spiro atoms. The van der Waals surface area contributed by atoms with Crippen molar-refractivity contribution in [3.63, 3.8) is 0 Å². The number of phosphoric ester groups is 1. The molecule has 63 heavy (non-hydrogen) atoms. The van der Waals surface area contributed by atoms with Crippen LogP contribution in [0.5, 0.6) is 0 Å². The molecule has 0 aromatic rings. The molecule has 0 aromatic carbocycles. The lowest BCUT2D eigenvalue weighted by atomic mass is 9.85. The second kappa shape index (κ2) is 41.3. The second-order valence-corrected chi connectivity index (χ2v) is 19.8. The molecule has 12 nitrogen and oxygen atoms in total. The van der Waals surface area contributed by atoms with E-state index in [9.17, 15) is 39.8 Å². The Kier molecular flexibility index (Phi) is 39.4. The molecule has 13 heteroatoms.